The summed E-state index contributed by atoms with van der Waals surface area (Å²) in [7, 11) is 1.89. The van der Waals surface area contributed by atoms with Crippen molar-refractivity contribution in [3.63, 3.8) is 0 Å². The highest BCUT2D eigenvalue weighted by Gasteiger charge is 2.23. The van der Waals surface area contributed by atoms with E-state index in [2.05, 4.69) is 6.07 Å². The number of hydrogen-bond acceptors (Lipinski definition) is 3. The van der Waals surface area contributed by atoms with Crippen LogP contribution in [0.5, 0.6) is 0 Å². The highest BCUT2D eigenvalue weighted by Crippen LogP contribution is 2.15. The maximum Gasteiger partial charge on any atom is 0.179 e. The first kappa shape index (κ1) is 15.4. The van der Waals surface area contributed by atoms with Gasteiger partial charge in [-0.25, -0.2) is 0 Å². The summed E-state index contributed by atoms with van der Waals surface area (Å²) in [6.07, 6.45) is 0.432. The fourth-order valence-corrected chi connectivity index (χ4v) is 1.98. The van der Waals surface area contributed by atoms with Gasteiger partial charge in [0.2, 0.25) is 0 Å². The van der Waals surface area contributed by atoms with Crippen molar-refractivity contribution in [2.75, 3.05) is 7.05 Å². The Labute approximate surface area is 115 Å². The molecule has 0 fully saturated rings. The number of benzene rings is 1. The zero-order chi connectivity index (χ0) is 14.6. The van der Waals surface area contributed by atoms with Crippen LogP contribution in [0.4, 0.5) is 0 Å². The van der Waals surface area contributed by atoms with E-state index >= 15 is 0 Å². The third-order valence-corrected chi connectivity index (χ3v) is 3.86. The van der Waals surface area contributed by atoms with E-state index in [4.69, 9.17) is 5.26 Å². The van der Waals surface area contributed by atoms with Gasteiger partial charge in [0.15, 0.2) is 5.78 Å². The third-order valence-electron chi connectivity index (χ3n) is 3.86. The first-order valence-corrected chi connectivity index (χ1v) is 6.58. The number of aryl methyl sites for hydroxylation is 2. The molecule has 0 aliphatic carbocycles. The zero-order valence-electron chi connectivity index (χ0n) is 12.4. The van der Waals surface area contributed by atoms with Gasteiger partial charge in [0, 0.05) is 11.6 Å². The molecule has 2 unspecified atom stereocenters. The van der Waals surface area contributed by atoms with Crippen molar-refractivity contribution in [3.05, 3.63) is 34.9 Å². The Morgan fingerprint density at radius 2 is 1.95 bits per heavy atom. The minimum Gasteiger partial charge on any atom is -0.293 e. The van der Waals surface area contributed by atoms with Crippen LogP contribution >= 0.6 is 0 Å². The summed E-state index contributed by atoms with van der Waals surface area (Å²) in [5.41, 5.74) is 3.06. The molecule has 0 bridgehead atoms. The van der Waals surface area contributed by atoms with Crippen LogP contribution in [0, 0.1) is 25.2 Å². The van der Waals surface area contributed by atoms with Crippen LogP contribution in [0.1, 0.15) is 41.8 Å². The molecule has 0 radical (unpaired) electrons. The van der Waals surface area contributed by atoms with Crippen molar-refractivity contribution in [2.24, 2.45) is 0 Å². The topological polar surface area (TPSA) is 44.1 Å². The molecular formula is C16H22N2O. The predicted molar refractivity (Wildman–Crippen MR) is 77.2 cm³/mol. The average molecular weight is 258 g/mol. The molecule has 0 aliphatic heterocycles. The van der Waals surface area contributed by atoms with Gasteiger partial charge >= 0.3 is 0 Å². The lowest BCUT2D eigenvalue weighted by Gasteiger charge is -2.28. The maximum atomic E-state index is 12.4. The Balaban J connectivity index is 2.87. The average Bonchev–Trinajstić information content (AvgIpc) is 2.39. The fraction of sp³-hybridized carbons (Fsp3) is 0.500. The van der Waals surface area contributed by atoms with Crippen molar-refractivity contribution >= 4 is 5.78 Å². The van der Waals surface area contributed by atoms with Gasteiger partial charge in [-0.15, -0.1) is 0 Å². The molecule has 3 nitrogen and oxygen atoms in total. The number of carbonyl (C=O) groups excluding carboxylic acids is 1. The number of ketones is 1. The zero-order valence-corrected chi connectivity index (χ0v) is 12.4. The van der Waals surface area contributed by atoms with Crippen LogP contribution in [0.3, 0.4) is 0 Å². The van der Waals surface area contributed by atoms with Crippen molar-refractivity contribution < 1.29 is 4.79 Å². The molecule has 1 aromatic rings. The predicted octanol–water partition coefficient (Wildman–Crippen LogP) is 3.11. The highest BCUT2D eigenvalue weighted by atomic mass is 16.1. The van der Waals surface area contributed by atoms with Crippen LogP contribution in [-0.4, -0.2) is 29.8 Å². The maximum absolute atomic E-state index is 12.4. The molecule has 1 aromatic carbocycles. The Hall–Kier alpha value is -1.66. The van der Waals surface area contributed by atoms with Crippen LogP contribution in [0.2, 0.25) is 0 Å². The number of hydrogen-bond donors (Lipinski definition) is 0. The molecule has 0 amide bonds. The standard InChI is InChI=1S/C16H22N2O/c1-11-6-7-15(10-12(11)2)16(19)14(4)18(5)13(3)8-9-17/h6-7,10,13-14H,8H2,1-5H3. The second kappa shape index (κ2) is 6.49. The van der Waals surface area contributed by atoms with E-state index < -0.39 is 0 Å². The van der Waals surface area contributed by atoms with Crippen molar-refractivity contribution in [1.29, 1.82) is 5.26 Å². The molecule has 2 atom stereocenters. The number of rotatable bonds is 5. The summed E-state index contributed by atoms with van der Waals surface area (Å²) in [4.78, 5) is 14.4. The summed E-state index contributed by atoms with van der Waals surface area (Å²) in [6, 6.07) is 7.81. The van der Waals surface area contributed by atoms with Gasteiger partial charge in [-0.3, -0.25) is 9.69 Å². The third kappa shape index (κ3) is 3.65. The lowest BCUT2D eigenvalue weighted by molar-refractivity contribution is 0.0828. The van der Waals surface area contributed by atoms with Crippen molar-refractivity contribution in [2.45, 2.75) is 46.2 Å². The van der Waals surface area contributed by atoms with Crippen LogP contribution in [0.15, 0.2) is 18.2 Å². The number of Topliss-reactive ketones (excluding diaryl/α,β-unsaturated/α-hetero) is 1. The monoisotopic (exact) mass is 258 g/mol. The molecular weight excluding hydrogens is 236 g/mol. The van der Waals surface area contributed by atoms with E-state index in [-0.39, 0.29) is 17.9 Å². The quantitative estimate of drug-likeness (QED) is 0.762. The second-order valence-corrected chi connectivity index (χ2v) is 5.22. The van der Waals surface area contributed by atoms with E-state index in [0.29, 0.717) is 6.42 Å². The molecule has 3 heteroatoms. The molecule has 0 spiro atoms. The van der Waals surface area contributed by atoms with Gasteiger partial charge < -0.3 is 0 Å². The SMILES string of the molecule is Cc1ccc(C(=O)C(C)N(C)C(C)CC#N)cc1C. The van der Waals surface area contributed by atoms with Gasteiger partial charge in [-0.1, -0.05) is 12.1 Å². The Morgan fingerprint density at radius 3 is 2.47 bits per heavy atom. The minimum atomic E-state index is -0.217. The van der Waals surface area contributed by atoms with Crippen LogP contribution < -0.4 is 0 Å². The van der Waals surface area contributed by atoms with E-state index in [9.17, 15) is 4.79 Å². The van der Waals surface area contributed by atoms with Crippen molar-refractivity contribution in [1.82, 2.24) is 4.90 Å². The molecule has 0 heterocycles. The van der Waals surface area contributed by atoms with Gasteiger partial charge in [-0.05, 0) is 51.9 Å². The van der Waals surface area contributed by atoms with Gasteiger partial charge in [0.05, 0.1) is 18.5 Å². The summed E-state index contributed by atoms with van der Waals surface area (Å²) in [5, 5.41) is 8.73. The number of nitrogens with zero attached hydrogens (tertiary/aromatic N) is 2. The van der Waals surface area contributed by atoms with Crippen LogP contribution in [-0.2, 0) is 0 Å². The lowest BCUT2D eigenvalue weighted by atomic mass is 9.99. The van der Waals surface area contributed by atoms with Gasteiger partial charge in [-0.2, -0.15) is 5.26 Å². The fourth-order valence-electron chi connectivity index (χ4n) is 1.98. The summed E-state index contributed by atoms with van der Waals surface area (Å²) >= 11 is 0. The molecule has 102 valence electrons. The molecule has 19 heavy (non-hydrogen) atoms. The van der Waals surface area contributed by atoms with Crippen molar-refractivity contribution in [3.8, 4) is 6.07 Å². The summed E-state index contributed by atoms with van der Waals surface area (Å²) < 4.78 is 0. The van der Waals surface area contributed by atoms with E-state index in [1.54, 1.807) is 0 Å². The summed E-state index contributed by atoms with van der Waals surface area (Å²) in [5.74, 6) is 0.107. The molecule has 1 rings (SSSR count). The highest BCUT2D eigenvalue weighted by molar-refractivity contribution is 6.00. The molecule has 0 aromatic heterocycles. The van der Waals surface area contributed by atoms with E-state index in [1.165, 1.54) is 5.56 Å². The molecule has 0 saturated heterocycles. The number of carbonyl (C=O) groups is 1. The Bertz CT molecular complexity index is 502. The largest absolute Gasteiger partial charge is 0.293 e. The minimum absolute atomic E-state index is 0.0792. The first-order chi connectivity index (χ1) is 8.88. The molecule has 0 saturated carbocycles. The van der Waals surface area contributed by atoms with E-state index in [1.807, 2.05) is 57.8 Å². The van der Waals surface area contributed by atoms with Crippen LogP contribution in [0.25, 0.3) is 0 Å². The Morgan fingerprint density at radius 1 is 1.32 bits per heavy atom. The van der Waals surface area contributed by atoms with E-state index in [0.717, 1.165) is 11.1 Å². The van der Waals surface area contributed by atoms with Gasteiger partial charge in [0.1, 0.15) is 0 Å². The Kier molecular flexibility index (Phi) is 5.26. The lowest BCUT2D eigenvalue weighted by Crippen LogP contribution is -2.41. The summed E-state index contributed by atoms with van der Waals surface area (Å²) in [6.45, 7) is 7.91. The smallest absolute Gasteiger partial charge is 0.179 e. The normalized spacial score (nSPS) is 13.9. The molecule has 0 N–H and O–H groups in total. The number of nitriles is 1. The first-order valence-electron chi connectivity index (χ1n) is 6.58. The molecule has 0 aliphatic rings. The van der Waals surface area contributed by atoms with Gasteiger partial charge in [0.25, 0.3) is 0 Å². The number of likely N-dealkylation sites (N-methyl/N-ethyl adjacent to an activating group) is 1. The second-order valence-electron chi connectivity index (χ2n) is 5.22.